The van der Waals surface area contributed by atoms with Crippen LogP contribution in [0.5, 0.6) is 6.01 Å². The highest BCUT2D eigenvalue weighted by Crippen LogP contribution is 2.20. The fourth-order valence-corrected chi connectivity index (χ4v) is 1.48. The van der Waals surface area contributed by atoms with E-state index in [4.69, 9.17) is 4.74 Å². The molecule has 1 aromatic carbocycles. The van der Waals surface area contributed by atoms with Crippen molar-refractivity contribution in [1.29, 1.82) is 0 Å². The monoisotopic (exact) mass is 235 g/mol. The molecule has 0 radical (unpaired) electrons. The van der Waals surface area contributed by atoms with Crippen LogP contribution < -0.4 is 10.4 Å². The Morgan fingerprint density at radius 2 is 2.12 bits per heavy atom. The highest BCUT2D eigenvalue weighted by molar-refractivity contribution is 5.59. The molecule has 0 saturated heterocycles. The third-order valence-electron chi connectivity index (χ3n) is 2.26. The molecule has 17 heavy (non-hydrogen) atoms. The van der Waals surface area contributed by atoms with Gasteiger partial charge in [-0.25, -0.2) is 9.18 Å². The van der Waals surface area contributed by atoms with Crippen LogP contribution in [-0.4, -0.2) is 22.1 Å². The van der Waals surface area contributed by atoms with Crippen molar-refractivity contribution in [2.75, 3.05) is 7.11 Å². The van der Waals surface area contributed by atoms with Crippen molar-refractivity contribution < 1.29 is 9.13 Å². The Morgan fingerprint density at radius 1 is 1.35 bits per heavy atom. The summed E-state index contributed by atoms with van der Waals surface area (Å²) in [4.78, 5) is 21.2. The van der Waals surface area contributed by atoms with Crippen molar-refractivity contribution in [1.82, 2.24) is 15.0 Å². The fourth-order valence-electron chi connectivity index (χ4n) is 1.48. The lowest BCUT2D eigenvalue weighted by Gasteiger charge is -2.05. The molecule has 1 heterocycles. The minimum atomic E-state index is -0.560. The quantitative estimate of drug-likeness (QED) is 0.851. The van der Waals surface area contributed by atoms with Crippen LogP contribution in [0.1, 0.15) is 5.56 Å². The molecule has 0 amide bonds. The van der Waals surface area contributed by atoms with Crippen LogP contribution in [0.25, 0.3) is 11.4 Å². The molecule has 5 nitrogen and oxygen atoms in total. The van der Waals surface area contributed by atoms with Crippen molar-refractivity contribution >= 4 is 0 Å². The van der Waals surface area contributed by atoms with Gasteiger partial charge in [0.05, 0.1) is 7.11 Å². The van der Waals surface area contributed by atoms with Crippen molar-refractivity contribution in [3.05, 3.63) is 40.1 Å². The van der Waals surface area contributed by atoms with Crippen molar-refractivity contribution in [3.63, 3.8) is 0 Å². The maximum Gasteiger partial charge on any atom is 0.351 e. The van der Waals surface area contributed by atoms with E-state index in [9.17, 15) is 9.18 Å². The number of rotatable bonds is 2. The molecule has 0 bridgehead atoms. The maximum absolute atomic E-state index is 13.0. The van der Waals surface area contributed by atoms with Gasteiger partial charge in [-0.2, -0.15) is 4.98 Å². The van der Waals surface area contributed by atoms with Gasteiger partial charge >= 0.3 is 11.7 Å². The number of nitrogens with zero attached hydrogens (tertiary/aromatic N) is 2. The van der Waals surface area contributed by atoms with Gasteiger partial charge < -0.3 is 4.74 Å². The van der Waals surface area contributed by atoms with Crippen molar-refractivity contribution in [3.8, 4) is 17.4 Å². The Hall–Kier alpha value is -2.24. The van der Waals surface area contributed by atoms with Crippen LogP contribution in [0, 0.1) is 12.7 Å². The molecule has 0 aliphatic heterocycles. The van der Waals surface area contributed by atoms with Gasteiger partial charge in [-0.3, -0.25) is 4.98 Å². The van der Waals surface area contributed by atoms with E-state index >= 15 is 0 Å². The second-order valence-electron chi connectivity index (χ2n) is 3.45. The standard InChI is InChI=1S/C11H10FN3O2/c1-6-5-7(12)3-4-8(6)9-13-10(16)15-11(14-9)17-2/h3-5H,1-2H3,(H,13,14,15,16). The Labute approximate surface area is 96.3 Å². The summed E-state index contributed by atoms with van der Waals surface area (Å²) >= 11 is 0. The number of H-pyrrole nitrogens is 1. The highest BCUT2D eigenvalue weighted by atomic mass is 19.1. The molecule has 0 spiro atoms. The van der Waals surface area contributed by atoms with Crippen LogP contribution in [0.4, 0.5) is 4.39 Å². The summed E-state index contributed by atoms with van der Waals surface area (Å²) in [7, 11) is 1.37. The molecular weight excluding hydrogens is 225 g/mol. The summed E-state index contributed by atoms with van der Waals surface area (Å²) in [6.45, 7) is 1.73. The molecule has 0 aliphatic rings. The minimum Gasteiger partial charge on any atom is -0.467 e. The van der Waals surface area contributed by atoms with Crippen molar-refractivity contribution in [2.24, 2.45) is 0 Å². The van der Waals surface area contributed by atoms with E-state index in [1.165, 1.54) is 19.2 Å². The van der Waals surface area contributed by atoms with Gasteiger partial charge in [0.2, 0.25) is 0 Å². The highest BCUT2D eigenvalue weighted by Gasteiger charge is 2.08. The van der Waals surface area contributed by atoms with Crippen LogP contribution in [0.15, 0.2) is 23.0 Å². The molecule has 0 saturated carbocycles. The molecule has 0 aliphatic carbocycles. The Balaban J connectivity index is 2.60. The average Bonchev–Trinajstić information content (AvgIpc) is 2.28. The summed E-state index contributed by atoms with van der Waals surface area (Å²) in [5.41, 5.74) is 0.737. The predicted molar refractivity (Wildman–Crippen MR) is 59.3 cm³/mol. The molecule has 6 heteroatoms. The first kappa shape index (κ1) is 11.3. The predicted octanol–water partition coefficient (Wildman–Crippen LogP) is 1.29. The number of halogens is 1. The van der Waals surface area contributed by atoms with Crippen molar-refractivity contribution in [2.45, 2.75) is 6.92 Å². The second kappa shape index (κ2) is 4.32. The Kier molecular flexibility index (Phi) is 2.86. The van der Waals surface area contributed by atoms with E-state index in [1.807, 2.05) is 0 Å². The molecular formula is C11H10FN3O2. The first-order chi connectivity index (χ1) is 8.10. The molecule has 2 rings (SSSR count). The van der Waals surface area contributed by atoms with Gasteiger partial charge in [-0.15, -0.1) is 4.98 Å². The summed E-state index contributed by atoms with van der Waals surface area (Å²) in [6.07, 6.45) is 0. The normalized spacial score (nSPS) is 10.3. The minimum absolute atomic E-state index is 0.0209. The summed E-state index contributed by atoms with van der Waals surface area (Å²) < 4.78 is 17.8. The van der Waals surface area contributed by atoms with E-state index in [1.54, 1.807) is 13.0 Å². The third kappa shape index (κ3) is 2.30. The largest absolute Gasteiger partial charge is 0.467 e. The first-order valence-electron chi connectivity index (χ1n) is 4.89. The van der Waals surface area contributed by atoms with E-state index in [2.05, 4.69) is 15.0 Å². The van der Waals surface area contributed by atoms with Crippen LogP contribution in [0.2, 0.25) is 0 Å². The molecule has 2 aromatic rings. The Bertz CT molecular complexity index is 610. The number of aromatic amines is 1. The van der Waals surface area contributed by atoms with Gasteiger partial charge in [0.15, 0.2) is 0 Å². The van der Waals surface area contributed by atoms with Gasteiger partial charge in [0.25, 0.3) is 0 Å². The third-order valence-corrected chi connectivity index (χ3v) is 2.26. The number of aromatic nitrogens is 3. The van der Waals surface area contributed by atoms with E-state index < -0.39 is 5.69 Å². The molecule has 0 fully saturated rings. The van der Waals surface area contributed by atoms with Crippen LogP contribution in [0.3, 0.4) is 0 Å². The zero-order chi connectivity index (χ0) is 12.4. The molecule has 0 unspecified atom stereocenters. The lowest BCUT2D eigenvalue weighted by molar-refractivity contribution is 0.377. The smallest absolute Gasteiger partial charge is 0.351 e. The molecule has 1 aromatic heterocycles. The number of aryl methyl sites for hydroxylation is 1. The number of hydrogen-bond donors (Lipinski definition) is 1. The Morgan fingerprint density at radius 3 is 2.76 bits per heavy atom. The molecule has 0 atom stereocenters. The topological polar surface area (TPSA) is 67.9 Å². The number of hydrogen-bond acceptors (Lipinski definition) is 4. The average molecular weight is 235 g/mol. The zero-order valence-corrected chi connectivity index (χ0v) is 9.32. The lowest BCUT2D eigenvalue weighted by atomic mass is 10.1. The summed E-state index contributed by atoms with van der Waals surface area (Å²) in [6, 6.07) is 4.19. The van der Waals surface area contributed by atoms with E-state index in [-0.39, 0.29) is 11.8 Å². The van der Waals surface area contributed by atoms with E-state index in [0.717, 1.165) is 0 Å². The van der Waals surface area contributed by atoms with Gasteiger partial charge in [0.1, 0.15) is 11.6 Å². The van der Waals surface area contributed by atoms with E-state index in [0.29, 0.717) is 17.0 Å². The SMILES string of the molecule is COc1nc(-c2ccc(F)cc2C)[nH]c(=O)n1. The second-order valence-corrected chi connectivity index (χ2v) is 3.45. The van der Waals surface area contributed by atoms with Crippen LogP contribution >= 0.6 is 0 Å². The first-order valence-corrected chi connectivity index (χ1v) is 4.89. The van der Waals surface area contributed by atoms with Gasteiger partial charge in [-0.1, -0.05) is 0 Å². The molecule has 88 valence electrons. The fraction of sp³-hybridized carbons (Fsp3) is 0.182. The number of methoxy groups -OCH3 is 1. The maximum atomic E-state index is 13.0. The summed E-state index contributed by atoms with van der Waals surface area (Å²) in [5, 5.41) is 0. The van der Waals surface area contributed by atoms with Gasteiger partial charge in [-0.05, 0) is 30.7 Å². The van der Waals surface area contributed by atoms with Crippen LogP contribution in [-0.2, 0) is 0 Å². The summed E-state index contributed by atoms with van der Waals surface area (Å²) in [5.74, 6) is -0.0334. The molecule has 1 N–H and O–H groups in total. The number of nitrogens with one attached hydrogen (secondary N) is 1. The van der Waals surface area contributed by atoms with Gasteiger partial charge in [0, 0.05) is 5.56 Å². The zero-order valence-electron chi connectivity index (χ0n) is 9.32. The number of benzene rings is 1. The lowest BCUT2D eigenvalue weighted by Crippen LogP contribution is -2.14. The number of ether oxygens (including phenoxy) is 1.